The average Bonchev–Trinajstić information content (AvgIpc) is 2.52. The Hall–Kier alpha value is -1.47. The Balaban J connectivity index is 1.62. The summed E-state index contributed by atoms with van der Waals surface area (Å²) in [5.74, 6) is 1.48. The molecule has 22 heavy (non-hydrogen) atoms. The van der Waals surface area contributed by atoms with Crippen LogP contribution in [0.25, 0.3) is 0 Å². The molecule has 1 N–H and O–H groups in total. The third kappa shape index (κ3) is 3.47. The summed E-state index contributed by atoms with van der Waals surface area (Å²) in [7, 11) is 0. The van der Waals surface area contributed by atoms with Crippen molar-refractivity contribution in [2.75, 3.05) is 44.8 Å². The molecule has 3 rings (SSSR count). The number of nitrogens with one attached hydrogen (secondary N) is 1. The predicted octanol–water partition coefficient (Wildman–Crippen LogP) is 1.88. The molecule has 7 heteroatoms. The highest BCUT2D eigenvalue weighted by atomic mass is 79.9. The number of hydrogen-bond donors (Lipinski definition) is 1. The number of hydrogen-bond acceptors (Lipinski definition) is 5. The van der Waals surface area contributed by atoms with Crippen molar-refractivity contribution in [3.05, 3.63) is 16.6 Å². The number of benzene rings is 1. The zero-order valence-electron chi connectivity index (χ0n) is 12.4. The molecule has 0 saturated carbocycles. The van der Waals surface area contributed by atoms with Crippen molar-refractivity contribution in [1.82, 2.24) is 4.90 Å². The quantitative estimate of drug-likeness (QED) is 0.879. The van der Waals surface area contributed by atoms with Crippen molar-refractivity contribution in [2.24, 2.45) is 0 Å². The maximum atomic E-state index is 12.3. The van der Waals surface area contributed by atoms with Crippen LogP contribution in [0.5, 0.6) is 11.5 Å². The lowest BCUT2D eigenvalue weighted by molar-refractivity contribution is -0.136. The Morgan fingerprint density at radius 2 is 2.05 bits per heavy atom. The van der Waals surface area contributed by atoms with Crippen LogP contribution in [0.3, 0.4) is 0 Å². The van der Waals surface area contributed by atoms with Crippen LogP contribution in [0.1, 0.15) is 6.92 Å². The smallest absolute Gasteiger partial charge is 0.242 e. The highest BCUT2D eigenvalue weighted by molar-refractivity contribution is 9.10. The van der Waals surface area contributed by atoms with Gasteiger partial charge in [-0.2, -0.15) is 0 Å². The van der Waals surface area contributed by atoms with Gasteiger partial charge in [0, 0.05) is 29.7 Å². The summed E-state index contributed by atoms with van der Waals surface area (Å²) in [5, 5.41) is 3.16. The molecule has 1 atom stereocenters. The van der Waals surface area contributed by atoms with Crippen LogP contribution in [0, 0.1) is 0 Å². The Bertz CT molecular complexity index is 567. The van der Waals surface area contributed by atoms with Crippen molar-refractivity contribution in [1.29, 1.82) is 0 Å². The fourth-order valence-electron chi connectivity index (χ4n) is 2.53. The van der Waals surface area contributed by atoms with E-state index in [4.69, 9.17) is 14.2 Å². The number of carbonyl (C=O) groups is 1. The van der Waals surface area contributed by atoms with E-state index < -0.39 is 0 Å². The normalized spacial score (nSPS) is 20.6. The van der Waals surface area contributed by atoms with Crippen LogP contribution in [0.15, 0.2) is 16.6 Å². The summed E-state index contributed by atoms with van der Waals surface area (Å²) in [5.41, 5.74) is 0.818. The third-order valence-electron chi connectivity index (χ3n) is 3.66. The van der Waals surface area contributed by atoms with Gasteiger partial charge in [0.2, 0.25) is 5.91 Å². The molecule has 1 fully saturated rings. The summed E-state index contributed by atoms with van der Waals surface area (Å²) in [6, 6.07) is 3.71. The number of ether oxygens (including phenoxy) is 3. The first-order valence-corrected chi connectivity index (χ1v) is 8.15. The molecule has 0 aromatic heterocycles. The van der Waals surface area contributed by atoms with E-state index in [0.717, 1.165) is 15.9 Å². The SMILES string of the molecule is CC1CN(C(=O)CNc2cc3c(cc2Br)OCCO3)CCO1. The van der Waals surface area contributed by atoms with Crippen LogP contribution in [-0.4, -0.2) is 56.4 Å². The predicted molar refractivity (Wildman–Crippen MR) is 85.6 cm³/mol. The van der Waals surface area contributed by atoms with Crippen LogP contribution >= 0.6 is 15.9 Å². The van der Waals surface area contributed by atoms with Gasteiger partial charge >= 0.3 is 0 Å². The van der Waals surface area contributed by atoms with Gasteiger partial charge in [0.1, 0.15) is 13.2 Å². The number of fused-ring (bicyclic) bond motifs is 1. The second-order valence-electron chi connectivity index (χ2n) is 5.35. The molecule has 0 bridgehead atoms. The Morgan fingerprint density at radius 3 is 2.77 bits per heavy atom. The molecule has 2 aliphatic heterocycles. The second kappa shape index (κ2) is 6.75. The first-order chi connectivity index (χ1) is 10.6. The highest BCUT2D eigenvalue weighted by Crippen LogP contribution is 2.38. The summed E-state index contributed by atoms with van der Waals surface area (Å²) >= 11 is 3.49. The number of halogens is 1. The summed E-state index contributed by atoms with van der Waals surface area (Å²) < 4.78 is 17.4. The topological polar surface area (TPSA) is 60.0 Å². The van der Waals surface area contributed by atoms with Crippen LogP contribution < -0.4 is 14.8 Å². The van der Waals surface area contributed by atoms with E-state index >= 15 is 0 Å². The molecular weight excluding hydrogens is 352 g/mol. The zero-order chi connectivity index (χ0) is 15.5. The first kappa shape index (κ1) is 15.4. The molecule has 1 unspecified atom stereocenters. The summed E-state index contributed by atoms with van der Waals surface area (Å²) in [6.45, 7) is 5.20. The largest absolute Gasteiger partial charge is 0.486 e. The van der Waals surface area contributed by atoms with E-state index in [1.165, 1.54) is 0 Å². The molecule has 2 aliphatic rings. The van der Waals surface area contributed by atoms with Crippen LogP contribution in [0.4, 0.5) is 5.69 Å². The van der Waals surface area contributed by atoms with Crippen molar-refractivity contribution >= 4 is 27.5 Å². The number of amides is 1. The lowest BCUT2D eigenvalue weighted by Gasteiger charge is -2.31. The molecule has 1 aromatic rings. The lowest BCUT2D eigenvalue weighted by atomic mass is 10.2. The van der Waals surface area contributed by atoms with Crippen molar-refractivity contribution < 1.29 is 19.0 Å². The van der Waals surface area contributed by atoms with E-state index in [2.05, 4.69) is 21.2 Å². The fraction of sp³-hybridized carbons (Fsp3) is 0.533. The van der Waals surface area contributed by atoms with Gasteiger partial charge in [-0.25, -0.2) is 0 Å². The Labute approximate surface area is 137 Å². The molecule has 0 radical (unpaired) electrons. The van der Waals surface area contributed by atoms with Gasteiger partial charge in [-0.1, -0.05) is 0 Å². The van der Waals surface area contributed by atoms with Crippen LogP contribution in [0.2, 0.25) is 0 Å². The maximum Gasteiger partial charge on any atom is 0.242 e. The molecule has 1 aromatic carbocycles. The monoisotopic (exact) mass is 370 g/mol. The van der Waals surface area contributed by atoms with Gasteiger partial charge in [-0.15, -0.1) is 0 Å². The minimum atomic E-state index is 0.0666. The van der Waals surface area contributed by atoms with Gasteiger partial charge in [0.15, 0.2) is 11.5 Å². The molecule has 1 amide bonds. The zero-order valence-corrected chi connectivity index (χ0v) is 14.0. The average molecular weight is 371 g/mol. The lowest BCUT2D eigenvalue weighted by Crippen LogP contribution is -2.46. The van der Waals surface area contributed by atoms with Crippen LogP contribution in [-0.2, 0) is 9.53 Å². The van der Waals surface area contributed by atoms with E-state index in [9.17, 15) is 4.79 Å². The Kier molecular flexibility index (Phi) is 4.73. The summed E-state index contributed by atoms with van der Waals surface area (Å²) in [4.78, 5) is 14.1. The second-order valence-corrected chi connectivity index (χ2v) is 6.20. The minimum Gasteiger partial charge on any atom is -0.486 e. The minimum absolute atomic E-state index is 0.0666. The van der Waals surface area contributed by atoms with Gasteiger partial charge < -0.3 is 24.4 Å². The number of rotatable bonds is 3. The number of nitrogens with zero attached hydrogens (tertiary/aromatic N) is 1. The number of anilines is 1. The standard InChI is InChI=1S/C15H19BrN2O4/c1-10-9-18(2-3-20-10)15(19)8-17-12-7-14-13(6-11(12)16)21-4-5-22-14/h6-7,10,17H,2-5,8-9H2,1H3. The molecule has 2 heterocycles. The fourth-order valence-corrected chi connectivity index (χ4v) is 2.99. The van der Waals surface area contributed by atoms with Gasteiger partial charge in [0.05, 0.1) is 24.9 Å². The van der Waals surface area contributed by atoms with Crippen molar-refractivity contribution in [3.8, 4) is 11.5 Å². The van der Waals surface area contributed by atoms with Crippen molar-refractivity contribution in [2.45, 2.75) is 13.0 Å². The number of morpholine rings is 1. The summed E-state index contributed by atoms with van der Waals surface area (Å²) in [6.07, 6.45) is 0.0960. The van der Waals surface area contributed by atoms with E-state index in [1.54, 1.807) is 0 Å². The van der Waals surface area contributed by atoms with Gasteiger partial charge in [0.25, 0.3) is 0 Å². The number of carbonyl (C=O) groups excluding carboxylic acids is 1. The van der Waals surface area contributed by atoms with Gasteiger partial charge in [-0.05, 0) is 22.9 Å². The molecule has 120 valence electrons. The molecule has 0 aliphatic carbocycles. The van der Waals surface area contributed by atoms with E-state index in [1.807, 2.05) is 24.0 Å². The van der Waals surface area contributed by atoms with Gasteiger partial charge in [-0.3, -0.25) is 4.79 Å². The van der Waals surface area contributed by atoms with E-state index in [0.29, 0.717) is 38.7 Å². The third-order valence-corrected chi connectivity index (χ3v) is 4.31. The maximum absolute atomic E-state index is 12.3. The molecular formula is C15H19BrN2O4. The molecule has 0 spiro atoms. The van der Waals surface area contributed by atoms with Crippen molar-refractivity contribution in [3.63, 3.8) is 0 Å². The molecule has 1 saturated heterocycles. The van der Waals surface area contributed by atoms with E-state index in [-0.39, 0.29) is 18.6 Å². The Morgan fingerprint density at radius 1 is 1.32 bits per heavy atom. The first-order valence-electron chi connectivity index (χ1n) is 7.36. The molecule has 6 nitrogen and oxygen atoms in total. The highest BCUT2D eigenvalue weighted by Gasteiger charge is 2.21.